The highest BCUT2D eigenvalue weighted by Crippen LogP contribution is 2.22. The summed E-state index contributed by atoms with van der Waals surface area (Å²) in [7, 11) is 2.08. The number of piperidine rings is 1. The molecule has 5 nitrogen and oxygen atoms in total. The summed E-state index contributed by atoms with van der Waals surface area (Å²) in [5.74, 6) is 0.287. The van der Waals surface area contributed by atoms with Gasteiger partial charge in [-0.25, -0.2) is 0 Å². The van der Waals surface area contributed by atoms with Crippen LogP contribution in [-0.4, -0.2) is 53.2 Å². The smallest absolute Gasteiger partial charge is 0.255 e. The van der Waals surface area contributed by atoms with Crippen LogP contribution in [0.2, 0.25) is 0 Å². The van der Waals surface area contributed by atoms with Crippen LogP contribution in [0, 0.1) is 0 Å². The first kappa shape index (κ1) is 13.2. The van der Waals surface area contributed by atoms with Gasteiger partial charge in [-0.1, -0.05) is 0 Å². The van der Waals surface area contributed by atoms with Crippen LogP contribution in [0.4, 0.5) is 0 Å². The van der Waals surface area contributed by atoms with E-state index in [1.54, 1.807) is 11.1 Å². The normalized spacial score (nSPS) is 19.9. The minimum Gasteiger partial charge on any atom is -0.338 e. The van der Waals surface area contributed by atoms with Crippen molar-refractivity contribution in [3.8, 4) is 0 Å². The molecule has 1 fully saturated rings. The molecule has 20 heavy (non-hydrogen) atoms. The molecule has 2 aliphatic heterocycles. The topological polar surface area (TPSA) is 53.5 Å². The molecule has 0 bridgehead atoms. The first-order chi connectivity index (χ1) is 9.65. The molecule has 0 aliphatic carbocycles. The van der Waals surface area contributed by atoms with Gasteiger partial charge >= 0.3 is 0 Å². The van der Waals surface area contributed by atoms with E-state index in [4.69, 9.17) is 0 Å². The van der Waals surface area contributed by atoms with Gasteiger partial charge in [0.05, 0.1) is 5.56 Å². The molecule has 1 aromatic rings. The quantitative estimate of drug-likeness (QED) is 0.762. The molecule has 0 unspecified atom stereocenters. The van der Waals surface area contributed by atoms with Gasteiger partial charge in [0.1, 0.15) is 5.78 Å². The molecule has 1 saturated heterocycles. The molecule has 0 N–H and O–H groups in total. The minimum absolute atomic E-state index is 0.0337. The Morgan fingerprint density at radius 1 is 1.15 bits per heavy atom. The van der Waals surface area contributed by atoms with Crippen LogP contribution >= 0.6 is 0 Å². The molecular formula is C15H19N3O2. The zero-order valence-corrected chi connectivity index (χ0v) is 11.8. The zero-order chi connectivity index (χ0) is 14.1. The van der Waals surface area contributed by atoms with Crippen molar-refractivity contribution in [2.24, 2.45) is 0 Å². The number of ketones is 1. The summed E-state index contributed by atoms with van der Waals surface area (Å²) in [6.45, 7) is 2.90. The number of hydrogen-bond acceptors (Lipinski definition) is 4. The maximum atomic E-state index is 12.6. The van der Waals surface area contributed by atoms with Crippen LogP contribution < -0.4 is 0 Å². The van der Waals surface area contributed by atoms with Crippen molar-refractivity contribution < 1.29 is 9.59 Å². The third-order valence-corrected chi connectivity index (χ3v) is 4.17. The van der Waals surface area contributed by atoms with Gasteiger partial charge < -0.3 is 9.80 Å². The lowest BCUT2D eigenvalue weighted by atomic mass is 9.96. The third-order valence-electron chi connectivity index (χ3n) is 4.17. The maximum Gasteiger partial charge on any atom is 0.255 e. The first-order valence-electron chi connectivity index (χ1n) is 7.10. The first-order valence-corrected chi connectivity index (χ1v) is 7.10. The Bertz CT molecular complexity index is 546. The van der Waals surface area contributed by atoms with Crippen molar-refractivity contribution in [1.82, 2.24) is 14.8 Å². The third kappa shape index (κ3) is 2.45. The van der Waals surface area contributed by atoms with Gasteiger partial charge in [-0.05, 0) is 24.6 Å². The van der Waals surface area contributed by atoms with Crippen LogP contribution in [0.5, 0.6) is 0 Å². The Hall–Kier alpha value is -1.75. The fourth-order valence-corrected chi connectivity index (χ4v) is 2.95. The number of Topliss-reactive ketones (excluding diaryl/α,β-unsaturated/α-hetero) is 1. The van der Waals surface area contributed by atoms with E-state index < -0.39 is 0 Å². The number of nitrogens with zero attached hydrogens (tertiary/aromatic N) is 3. The Morgan fingerprint density at radius 2 is 1.90 bits per heavy atom. The largest absolute Gasteiger partial charge is 0.338 e. The van der Waals surface area contributed by atoms with E-state index >= 15 is 0 Å². The molecule has 2 aliphatic rings. The molecule has 1 aromatic heterocycles. The van der Waals surface area contributed by atoms with Crippen molar-refractivity contribution in [3.63, 3.8) is 0 Å². The molecule has 0 atom stereocenters. The monoisotopic (exact) mass is 273 g/mol. The summed E-state index contributed by atoms with van der Waals surface area (Å²) < 4.78 is 0. The van der Waals surface area contributed by atoms with E-state index in [-0.39, 0.29) is 11.7 Å². The molecule has 1 amide bonds. The summed E-state index contributed by atoms with van der Waals surface area (Å²) in [5, 5.41) is 0. The summed E-state index contributed by atoms with van der Waals surface area (Å²) in [5.41, 5.74) is 3.02. The van der Waals surface area contributed by atoms with Crippen LogP contribution in [0.25, 0.3) is 0 Å². The number of pyridine rings is 1. The van der Waals surface area contributed by atoms with Gasteiger partial charge in [-0.3, -0.25) is 14.6 Å². The molecule has 5 heteroatoms. The number of carbonyl (C=O) groups excluding carboxylic acids is 2. The lowest BCUT2D eigenvalue weighted by Gasteiger charge is -2.29. The second-order valence-corrected chi connectivity index (χ2v) is 5.64. The SMILES string of the molecule is CN1CCc2c(cncc2C(=O)N2CCC(=O)CC2)C1. The van der Waals surface area contributed by atoms with Crippen molar-refractivity contribution in [1.29, 1.82) is 0 Å². The fraction of sp³-hybridized carbons (Fsp3) is 0.533. The average molecular weight is 273 g/mol. The Morgan fingerprint density at radius 3 is 2.65 bits per heavy atom. The molecule has 0 aromatic carbocycles. The van der Waals surface area contributed by atoms with Crippen LogP contribution in [0.1, 0.15) is 34.3 Å². The van der Waals surface area contributed by atoms with Crippen molar-refractivity contribution in [2.45, 2.75) is 25.8 Å². The minimum atomic E-state index is 0.0337. The summed E-state index contributed by atoms with van der Waals surface area (Å²) in [4.78, 5) is 32.1. The van der Waals surface area contributed by atoms with E-state index in [1.165, 1.54) is 0 Å². The number of likely N-dealkylation sites (tertiary alicyclic amines) is 1. The van der Waals surface area contributed by atoms with Crippen molar-refractivity contribution >= 4 is 11.7 Å². The fourth-order valence-electron chi connectivity index (χ4n) is 2.95. The van der Waals surface area contributed by atoms with E-state index in [9.17, 15) is 9.59 Å². The van der Waals surface area contributed by atoms with Crippen molar-refractivity contribution in [2.75, 3.05) is 26.7 Å². The van der Waals surface area contributed by atoms with Crippen LogP contribution in [0.3, 0.4) is 0 Å². The average Bonchev–Trinajstić information content (AvgIpc) is 2.46. The summed E-state index contributed by atoms with van der Waals surface area (Å²) in [6, 6.07) is 0. The number of fused-ring (bicyclic) bond motifs is 1. The lowest BCUT2D eigenvalue weighted by Crippen LogP contribution is -2.39. The van der Waals surface area contributed by atoms with Crippen LogP contribution in [-0.2, 0) is 17.8 Å². The van der Waals surface area contributed by atoms with E-state index in [0.29, 0.717) is 25.9 Å². The molecule has 0 saturated carbocycles. The van der Waals surface area contributed by atoms with E-state index in [1.807, 2.05) is 6.20 Å². The molecule has 0 radical (unpaired) electrons. The summed E-state index contributed by atoms with van der Waals surface area (Å²) in [6.07, 6.45) is 5.40. The number of likely N-dealkylation sites (N-methyl/N-ethyl adjacent to an activating group) is 1. The number of hydrogen-bond donors (Lipinski definition) is 0. The number of amides is 1. The standard InChI is InChI=1S/C15H19N3O2/c1-17-5-4-13-11(10-17)8-16-9-14(13)15(20)18-6-2-12(19)3-7-18/h8-9H,2-7,10H2,1H3. The van der Waals surface area contributed by atoms with Gasteiger partial charge in [0.2, 0.25) is 0 Å². The molecule has 0 spiro atoms. The summed E-state index contributed by atoms with van der Waals surface area (Å²) >= 11 is 0. The predicted molar refractivity (Wildman–Crippen MR) is 74.4 cm³/mol. The van der Waals surface area contributed by atoms with Gasteiger partial charge in [0.15, 0.2) is 0 Å². The Balaban J connectivity index is 1.85. The van der Waals surface area contributed by atoms with Crippen LogP contribution in [0.15, 0.2) is 12.4 Å². The second-order valence-electron chi connectivity index (χ2n) is 5.64. The van der Waals surface area contributed by atoms with Gasteiger partial charge in [-0.2, -0.15) is 0 Å². The number of rotatable bonds is 1. The number of aromatic nitrogens is 1. The highest BCUT2D eigenvalue weighted by atomic mass is 16.2. The van der Waals surface area contributed by atoms with E-state index in [2.05, 4.69) is 16.9 Å². The van der Waals surface area contributed by atoms with Crippen molar-refractivity contribution in [3.05, 3.63) is 29.1 Å². The molecule has 3 heterocycles. The van der Waals surface area contributed by atoms with Gasteiger partial charge in [-0.15, -0.1) is 0 Å². The Labute approximate surface area is 118 Å². The highest BCUT2D eigenvalue weighted by molar-refractivity contribution is 5.96. The van der Waals surface area contributed by atoms with Gasteiger partial charge in [0, 0.05) is 51.4 Å². The predicted octanol–water partition coefficient (Wildman–Crippen LogP) is 0.875. The number of carbonyl (C=O) groups is 2. The van der Waals surface area contributed by atoms with E-state index in [0.717, 1.165) is 36.2 Å². The Kier molecular flexibility index (Phi) is 3.53. The zero-order valence-electron chi connectivity index (χ0n) is 11.8. The molecule has 106 valence electrons. The maximum absolute atomic E-state index is 12.6. The molecule has 3 rings (SSSR count). The van der Waals surface area contributed by atoms with Gasteiger partial charge in [0.25, 0.3) is 5.91 Å². The molecular weight excluding hydrogens is 254 g/mol. The lowest BCUT2D eigenvalue weighted by molar-refractivity contribution is -0.120. The highest BCUT2D eigenvalue weighted by Gasteiger charge is 2.26. The second kappa shape index (κ2) is 5.32.